The standard InChI is InChI=1S/C19H23N3O3S.ClH/c20-14-17-9-4-5-12-22(17)19(23)15-7-6-8-16(13-15)21-26(24,25)18-10-2-1-3-11-18;/h1-3,6-8,10-11,13,17,21H,4-5,9,12,14,20H2;1H. The fourth-order valence-electron chi connectivity index (χ4n) is 3.21. The van der Waals surface area contributed by atoms with Crippen LogP contribution in [0.5, 0.6) is 0 Å². The van der Waals surface area contributed by atoms with Crippen LogP contribution in [0.3, 0.4) is 0 Å². The third-order valence-electron chi connectivity index (χ3n) is 4.58. The van der Waals surface area contributed by atoms with E-state index in [2.05, 4.69) is 4.72 Å². The van der Waals surface area contributed by atoms with E-state index < -0.39 is 10.0 Å². The highest BCUT2D eigenvalue weighted by Crippen LogP contribution is 2.22. The first-order chi connectivity index (χ1) is 12.5. The number of carbonyl (C=O) groups excluding carboxylic acids is 1. The van der Waals surface area contributed by atoms with Crippen LogP contribution in [-0.4, -0.2) is 38.4 Å². The number of anilines is 1. The molecule has 8 heteroatoms. The highest BCUT2D eigenvalue weighted by atomic mass is 35.5. The number of hydrogen-bond donors (Lipinski definition) is 2. The predicted octanol–water partition coefficient (Wildman–Crippen LogP) is 2.86. The van der Waals surface area contributed by atoms with Crippen molar-refractivity contribution in [2.75, 3.05) is 17.8 Å². The lowest BCUT2D eigenvalue weighted by Crippen LogP contribution is -2.47. The molecular weight excluding hydrogens is 386 g/mol. The van der Waals surface area contributed by atoms with Crippen molar-refractivity contribution in [3.8, 4) is 0 Å². The van der Waals surface area contributed by atoms with Gasteiger partial charge in [0.15, 0.2) is 0 Å². The van der Waals surface area contributed by atoms with Crippen LogP contribution in [0.4, 0.5) is 5.69 Å². The van der Waals surface area contributed by atoms with E-state index in [0.717, 1.165) is 19.3 Å². The molecule has 0 aromatic heterocycles. The molecule has 0 saturated carbocycles. The van der Waals surface area contributed by atoms with E-state index >= 15 is 0 Å². The van der Waals surface area contributed by atoms with Crippen molar-refractivity contribution in [2.24, 2.45) is 5.73 Å². The first-order valence-electron chi connectivity index (χ1n) is 8.70. The molecule has 1 heterocycles. The molecule has 3 N–H and O–H groups in total. The second-order valence-corrected chi connectivity index (χ2v) is 8.07. The van der Waals surface area contributed by atoms with Crippen molar-refractivity contribution in [1.29, 1.82) is 0 Å². The number of nitrogens with two attached hydrogens (primary N) is 1. The lowest BCUT2D eigenvalue weighted by atomic mass is 10.0. The van der Waals surface area contributed by atoms with Crippen molar-refractivity contribution < 1.29 is 13.2 Å². The van der Waals surface area contributed by atoms with E-state index in [-0.39, 0.29) is 29.3 Å². The van der Waals surface area contributed by atoms with E-state index in [1.807, 2.05) is 0 Å². The molecule has 1 atom stereocenters. The van der Waals surface area contributed by atoms with Crippen LogP contribution in [0.1, 0.15) is 29.6 Å². The molecule has 1 unspecified atom stereocenters. The summed E-state index contributed by atoms with van der Waals surface area (Å²) >= 11 is 0. The maximum atomic E-state index is 12.8. The average molecular weight is 410 g/mol. The summed E-state index contributed by atoms with van der Waals surface area (Å²) in [4.78, 5) is 14.8. The summed E-state index contributed by atoms with van der Waals surface area (Å²) in [5.74, 6) is -0.110. The molecular formula is C19H24ClN3O3S. The van der Waals surface area contributed by atoms with Gasteiger partial charge in [-0.2, -0.15) is 0 Å². The fourth-order valence-corrected chi connectivity index (χ4v) is 4.28. The number of nitrogens with one attached hydrogen (secondary N) is 1. The number of nitrogens with zero attached hydrogens (tertiary/aromatic N) is 1. The molecule has 2 aromatic carbocycles. The third kappa shape index (κ3) is 5.00. The second-order valence-electron chi connectivity index (χ2n) is 6.38. The summed E-state index contributed by atoms with van der Waals surface area (Å²) in [6.07, 6.45) is 2.94. The number of carbonyl (C=O) groups is 1. The van der Waals surface area contributed by atoms with Gasteiger partial charge in [-0.15, -0.1) is 12.4 Å². The van der Waals surface area contributed by atoms with Crippen LogP contribution in [0, 0.1) is 0 Å². The minimum Gasteiger partial charge on any atom is -0.334 e. The zero-order valence-corrected chi connectivity index (χ0v) is 16.5. The second kappa shape index (κ2) is 9.21. The van der Waals surface area contributed by atoms with Gasteiger partial charge in [0.25, 0.3) is 15.9 Å². The molecule has 6 nitrogen and oxygen atoms in total. The highest BCUT2D eigenvalue weighted by Gasteiger charge is 2.26. The topological polar surface area (TPSA) is 92.5 Å². The van der Waals surface area contributed by atoms with Gasteiger partial charge in [0.1, 0.15) is 0 Å². The SMILES string of the molecule is Cl.NCC1CCCCN1C(=O)c1cccc(NS(=O)(=O)c2ccccc2)c1. The van der Waals surface area contributed by atoms with Crippen molar-refractivity contribution in [1.82, 2.24) is 4.90 Å². The van der Waals surface area contributed by atoms with Crippen LogP contribution in [0.25, 0.3) is 0 Å². The minimum atomic E-state index is -3.69. The van der Waals surface area contributed by atoms with Crippen molar-refractivity contribution in [3.05, 3.63) is 60.2 Å². The van der Waals surface area contributed by atoms with Crippen LogP contribution >= 0.6 is 12.4 Å². The molecule has 2 aromatic rings. The highest BCUT2D eigenvalue weighted by molar-refractivity contribution is 7.92. The van der Waals surface area contributed by atoms with Crippen LogP contribution in [-0.2, 0) is 10.0 Å². The van der Waals surface area contributed by atoms with E-state index in [4.69, 9.17) is 5.73 Å². The summed E-state index contributed by atoms with van der Waals surface area (Å²) in [7, 11) is -3.69. The summed E-state index contributed by atoms with van der Waals surface area (Å²) < 4.78 is 27.5. The molecule has 1 aliphatic heterocycles. The summed E-state index contributed by atoms with van der Waals surface area (Å²) in [6.45, 7) is 1.12. The molecule has 0 aliphatic carbocycles. The number of likely N-dealkylation sites (tertiary alicyclic amines) is 1. The van der Waals surface area contributed by atoms with Gasteiger partial charge >= 0.3 is 0 Å². The van der Waals surface area contributed by atoms with E-state index in [1.165, 1.54) is 12.1 Å². The minimum absolute atomic E-state index is 0. The largest absolute Gasteiger partial charge is 0.334 e. The van der Waals surface area contributed by atoms with Gasteiger partial charge in [0, 0.05) is 30.4 Å². The van der Waals surface area contributed by atoms with Gasteiger partial charge in [-0.05, 0) is 49.6 Å². The van der Waals surface area contributed by atoms with Gasteiger partial charge in [-0.3, -0.25) is 9.52 Å². The Morgan fingerprint density at radius 3 is 2.56 bits per heavy atom. The normalized spacial score (nSPS) is 17.1. The third-order valence-corrected chi connectivity index (χ3v) is 5.97. The number of rotatable bonds is 5. The van der Waals surface area contributed by atoms with Gasteiger partial charge in [-0.1, -0.05) is 24.3 Å². The van der Waals surface area contributed by atoms with Crippen LogP contribution in [0.2, 0.25) is 0 Å². The van der Waals surface area contributed by atoms with Crippen molar-refractivity contribution in [2.45, 2.75) is 30.2 Å². The Hall–Kier alpha value is -2.09. The maximum Gasteiger partial charge on any atom is 0.261 e. The molecule has 3 rings (SSSR count). The number of benzene rings is 2. The molecule has 1 saturated heterocycles. The van der Waals surface area contributed by atoms with Gasteiger partial charge < -0.3 is 10.6 Å². The predicted molar refractivity (Wildman–Crippen MR) is 109 cm³/mol. The Labute approximate surface area is 166 Å². The van der Waals surface area contributed by atoms with Gasteiger partial charge in [-0.25, -0.2) is 8.42 Å². The van der Waals surface area contributed by atoms with Crippen molar-refractivity contribution >= 4 is 34.0 Å². The Balaban J connectivity index is 0.00000261. The molecule has 1 aliphatic rings. The molecule has 1 amide bonds. The zero-order valence-electron chi connectivity index (χ0n) is 14.9. The summed E-state index contributed by atoms with van der Waals surface area (Å²) in [5, 5.41) is 0. The first kappa shape index (κ1) is 21.2. The van der Waals surface area contributed by atoms with E-state index in [1.54, 1.807) is 47.4 Å². The average Bonchev–Trinajstić information content (AvgIpc) is 2.68. The van der Waals surface area contributed by atoms with Crippen LogP contribution < -0.4 is 10.5 Å². The zero-order chi connectivity index (χ0) is 18.6. The lowest BCUT2D eigenvalue weighted by Gasteiger charge is -2.35. The number of piperidine rings is 1. The smallest absolute Gasteiger partial charge is 0.261 e. The number of amides is 1. The molecule has 27 heavy (non-hydrogen) atoms. The molecule has 0 spiro atoms. The maximum absolute atomic E-state index is 12.8. The Bertz CT molecular complexity index is 875. The molecule has 1 fully saturated rings. The summed E-state index contributed by atoms with van der Waals surface area (Å²) in [6, 6.07) is 14.8. The number of hydrogen-bond acceptors (Lipinski definition) is 4. The van der Waals surface area contributed by atoms with Gasteiger partial charge in [0.2, 0.25) is 0 Å². The number of halogens is 1. The Morgan fingerprint density at radius 1 is 1.11 bits per heavy atom. The first-order valence-corrected chi connectivity index (χ1v) is 10.2. The summed E-state index contributed by atoms with van der Waals surface area (Å²) in [5.41, 5.74) is 6.62. The van der Waals surface area contributed by atoms with E-state index in [0.29, 0.717) is 24.3 Å². The Kier molecular flexibility index (Phi) is 7.24. The van der Waals surface area contributed by atoms with Crippen molar-refractivity contribution in [3.63, 3.8) is 0 Å². The fraction of sp³-hybridized carbons (Fsp3) is 0.316. The van der Waals surface area contributed by atoms with Crippen LogP contribution in [0.15, 0.2) is 59.5 Å². The Morgan fingerprint density at radius 2 is 1.85 bits per heavy atom. The lowest BCUT2D eigenvalue weighted by molar-refractivity contribution is 0.0623. The molecule has 0 radical (unpaired) electrons. The monoisotopic (exact) mass is 409 g/mol. The molecule has 0 bridgehead atoms. The number of sulfonamides is 1. The van der Waals surface area contributed by atoms with E-state index in [9.17, 15) is 13.2 Å². The molecule has 146 valence electrons. The quantitative estimate of drug-likeness (QED) is 0.794. The van der Waals surface area contributed by atoms with Gasteiger partial charge in [0.05, 0.1) is 4.90 Å².